The molecule has 18 heavy (non-hydrogen) atoms. The van der Waals surface area contributed by atoms with Crippen LogP contribution in [0.4, 0.5) is 0 Å². The molecule has 3 N–H and O–H groups in total. The molecule has 7 heteroatoms. The van der Waals surface area contributed by atoms with E-state index in [2.05, 4.69) is 0 Å². The molecule has 102 valence electrons. The van der Waals surface area contributed by atoms with E-state index in [4.69, 9.17) is 10.5 Å². The summed E-state index contributed by atoms with van der Waals surface area (Å²) in [5.74, 6) is -0.373. The number of nitrogens with two attached hydrogens (primary N) is 1. The predicted molar refractivity (Wildman–Crippen MR) is 67.1 cm³/mol. The molecule has 1 saturated carbocycles. The topological polar surface area (TPSA) is 92.9 Å². The van der Waals surface area contributed by atoms with E-state index in [0.717, 1.165) is 12.8 Å². The Kier molecular flexibility index (Phi) is 4.14. The van der Waals surface area contributed by atoms with Crippen LogP contribution < -0.4 is 5.73 Å². The number of methoxy groups -OCH3 is 1. The summed E-state index contributed by atoms with van der Waals surface area (Å²) in [5, 5.41) is 9.18. The second-order valence-electron chi connectivity index (χ2n) is 4.62. The lowest BCUT2D eigenvalue weighted by molar-refractivity contribution is -0.154. The molecule has 1 aliphatic carbocycles. The van der Waals surface area contributed by atoms with Crippen molar-refractivity contribution >= 4 is 23.6 Å². The lowest BCUT2D eigenvalue weighted by atomic mass is 10.2. The quantitative estimate of drug-likeness (QED) is 0.716. The first kappa shape index (κ1) is 13.6. The summed E-state index contributed by atoms with van der Waals surface area (Å²) in [7, 11) is 1.42. The molecule has 0 aromatic rings. The van der Waals surface area contributed by atoms with Crippen molar-refractivity contribution in [2.75, 3.05) is 19.4 Å². The number of hydrogen-bond acceptors (Lipinski definition) is 5. The van der Waals surface area contributed by atoms with Crippen LogP contribution in [0.5, 0.6) is 0 Å². The number of carbonyl (C=O) groups is 2. The highest BCUT2D eigenvalue weighted by atomic mass is 32.2. The second-order valence-corrected chi connectivity index (χ2v) is 5.77. The highest BCUT2D eigenvalue weighted by Crippen LogP contribution is 2.45. The van der Waals surface area contributed by atoms with Crippen molar-refractivity contribution < 1.29 is 19.4 Å². The molecule has 0 aromatic heterocycles. The van der Waals surface area contributed by atoms with Crippen molar-refractivity contribution in [1.29, 1.82) is 0 Å². The Morgan fingerprint density at radius 1 is 1.56 bits per heavy atom. The number of nitrogens with zero attached hydrogens (tertiary/aromatic N) is 1. The number of carboxylic acids is 1. The van der Waals surface area contributed by atoms with E-state index < -0.39 is 18.1 Å². The van der Waals surface area contributed by atoms with Crippen molar-refractivity contribution in [2.45, 2.75) is 30.4 Å². The van der Waals surface area contributed by atoms with E-state index >= 15 is 0 Å². The second kappa shape index (κ2) is 5.46. The molecule has 2 rings (SSSR count). The van der Waals surface area contributed by atoms with E-state index in [0.29, 0.717) is 11.7 Å². The molecule has 2 fully saturated rings. The van der Waals surface area contributed by atoms with Crippen LogP contribution in [-0.2, 0) is 14.3 Å². The van der Waals surface area contributed by atoms with Crippen LogP contribution in [0.25, 0.3) is 0 Å². The van der Waals surface area contributed by atoms with Crippen LogP contribution in [-0.4, -0.2) is 58.8 Å². The fraction of sp³-hybridized carbons (Fsp3) is 0.818. The van der Waals surface area contributed by atoms with Gasteiger partial charge >= 0.3 is 5.97 Å². The number of rotatable bonds is 5. The Balaban J connectivity index is 2.17. The van der Waals surface area contributed by atoms with Crippen molar-refractivity contribution in [1.82, 2.24) is 4.90 Å². The summed E-state index contributed by atoms with van der Waals surface area (Å²) in [6.07, 6.45) is 1.38. The summed E-state index contributed by atoms with van der Waals surface area (Å²) in [5.41, 5.74) is 5.48. The average molecular weight is 274 g/mol. The molecule has 0 spiro atoms. The van der Waals surface area contributed by atoms with Crippen LogP contribution in [0.3, 0.4) is 0 Å². The van der Waals surface area contributed by atoms with Gasteiger partial charge in [-0.25, -0.2) is 4.79 Å². The third-order valence-corrected chi connectivity index (χ3v) is 4.84. The number of amides is 1. The summed E-state index contributed by atoms with van der Waals surface area (Å²) in [6.45, 7) is 0.0697. The molecule has 1 amide bonds. The van der Waals surface area contributed by atoms with Crippen LogP contribution in [0.15, 0.2) is 0 Å². The SMILES string of the molecule is COC(CN)C(=O)N1C(C(=O)O)CSC1C1CC1. The average Bonchev–Trinajstić information content (AvgIpc) is 3.08. The molecule has 1 heterocycles. The minimum Gasteiger partial charge on any atom is -0.480 e. The number of carbonyl (C=O) groups excluding carboxylic acids is 1. The van der Waals surface area contributed by atoms with Crippen molar-refractivity contribution in [3.8, 4) is 0 Å². The Hall–Kier alpha value is -0.790. The van der Waals surface area contributed by atoms with E-state index in [1.807, 2.05) is 0 Å². The normalized spacial score (nSPS) is 29.3. The summed E-state index contributed by atoms with van der Waals surface area (Å²) >= 11 is 1.55. The maximum Gasteiger partial charge on any atom is 0.327 e. The Morgan fingerprint density at radius 2 is 2.22 bits per heavy atom. The van der Waals surface area contributed by atoms with Crippen molar-refractivity contribution in [2.24, 2.45) is 11.7 Å². The Morgan fingerprint density at radius 3 is 2.67 bits per heavy atom. The van der Waals surface area contributed by atoms with E-state index in [1.165, 1.54) is 12.0 Å². The zero-order valence-corrected chi connectivity index (χ0v) is 11.1. The molecular formula is C11H18N2O4S. The largest absolute Gasteiger partial charge is 0.480 e. The highest BCUT2D eigenvalue weighted by molar-refractivity contribution is 8.00. The molecule has 3 atom stereocenters. The zero-order valence-electron chi connectivity index (χ0n) is 10.2. The maximum absolute atomic E-state index is 12.3. The number of thioether (sulfide) groups is 1. The van der Waals surface area contributed by atoms with Gasteiger partial charge in [-0.15, -0.1) is 11.8 Å². The molecule has 0 bridgehead atoms. The first-order chi connectivity index (χ1) is 8.60. The van der Waals surface area contributed by atoms with Crippen LogP contribution in [0, 0.1) is 5.92 Å². The Labute approximate surface area is 110 Å². The number of aliphatic carboxylic acids is 1. The number of ether oxygens (including phenoxy) is 1. The van der Waals surface area contributed by atoms with Crippen molar-refractivity contribution in [3.05, 3.63) is 0 Å². The van der Waals surface area contributed by atoms with E-state index in [1.54, 1.807) is 11.8 Å². The van der Waals surface area contributed by atoms with Gasteiger partial charge in [0.25, 0.3) is 5.91 Å². The predicted octanol–water partition coefficient (Wildman–Crippen LogP) is -0.275. The standard InChI is InChI=1S/C11H18N2O4S/c1-17-8(4-12)9(14)13-7(11(15)16)5-18-10(13)6-2-3-6/h6-8,10H,2-5,12H2,1H3,(H,15,16). The van der Waals surface area contributed by atoms with Crippen molar-refractivity contribution in [3.63, 3.8) is 0 Å². The van der Waals surface area contributed by atoms with Gasteiger partial charge in [0.05, 0.1) is 5.37 Å². The van der Waals surface area contributed by atoms with Crippen LogP contribution in [0.1, 0.15) is 12.8 Å². The minimum atomic E-state index is -0.953. The molecule has 1 aliphatic heterocycles. The molecule has 2 aliphatic rings. The summed E-state index contributed by atoms with van der Waals surface area (Å²) < 4.78 is 5.03. The molecule has 0 aromatic carbocycles. The van der Waals surface area contributed by atoms with Crippen LogP contribution in [0.2, 0.25) is 0 Å². The summed E-state index contributed by atoms with van der Waals surface area (Å²) in [4.78, 5) is 25.0. The van der Waals surface area contributed by atoms with Gasteiger partial charge in [-0.1, -0.05) is 0 Å². The van der Waals surface area contributed by atoms with E-state index in [9.17, 15) is 14.7 Å². The zero-order chi connectivity index (χ0) is 13.3. The minimum absolute atomic E-state index is 0.0252. The van der Waals surface area contributed by atoms with Gasteiger partial charge in [0.1, 0.15) is 12.1 Å². The van der Waals surface area contributed by atoms with Gasteiger partial charge in [0.2, 0.25) is 0 Å². The van der Waals surface area contributed by atoms with Crippen LogP contribution >= 0.6 is 11.8 Å². The number of hydrogen-bond donors (Lipinski definition) is 2. The number of carboxylic acid groups (broad SMARTS) is 1. The van der Waals surface area contributed by atoms with Gasteiger partial charge in [-0.2, -0.15) is 0 Å². The maximum atomic E-state index is 12.3. The van der Waals surface area contributed by atoms with Gasteiger partial charge in [0.15, 0.2) is 0 Å². The molecule has 6 nitrogen and oxygen atoms in total. The Bertz CT molecular complexity index is 344. The first-order valence-electron chi connectivity index (χ1n) is 5.99. The molecule has 3 unspecified atom stereocenters. The van der Waals surface area contributed by atoms with Gasteiger partial charge in [0, 0.05) is 19.4 Å². The third-order valence-electron chi connectivity index (χ3n) is 3.37. The highest BCUT2D eigenvalue weighted by Gasteiger charge is 2.49. The first-order valence-corrected chi connectivity index (χ1v) is 7.04. The molecular weight excluding hydrogens is 256 g/mol. The molecule has 0 radical (unpaired) electrons. The van der Waals surface area contributed by atoms with Gasteiger partial charge < -0.3 is 20.5 Å². The lowest BCUT2D eigenvalue weighted by Gasteiger charge is -2.30. The fourth-order valence-corrected chi connectivity index (χ4v) is 3.84. The molecule has 1 saturated heterocycles. The smallest absolute Gasteiger partial charge is 0.327 e. The van der Waals surface area contributed by atoms with Gasteiger partial charge in [-0.3, -0.25) is 4.79 Å². The summed E-state index contributed by atoms with van der Waals surface area (Å²) in [6, 6.07) is -0.753. The van der Waals surface area contributed by atoms with E-state index in [-0.39, 0.29) is 17.8 Å². The fourth-order valence-electron chi connectivity index (χ4n) is 2.21. The lowest BCUT2D eigenvalue weighted by Crippen LogP contribution is -2.52. The van der Waals surface area contributed by atoms with Gasteiger partial charge in [-0.05, 0) is 18.8 Å². The monoisotopic (exact) mass is 274 g/mol. The third kappa shape index (κ3) is 2.48.